The number of aliphatic hydroxyl groups is 4. The Morgan fingerprint density at radius 2 is 1.65 bits per heavy atom. The summed E-state index contributed by atoms with van der Waals surface area (Å²) in [4.78, 5) is 0.101. The molecule has 0 aromatic heterocycles. The third kappa shape index (κ3) is 4.27. The minimum Gasteiger partial charge on any atom is -0.387 e. The lowest BCUT2D eigenvalue weighted by atomic mass is 9.99. The summed E-state index contributed by atoms with van der Waals surface area (Å²) in [5.74, 6) is -0.641. The second-order valence-corrected chi connectivity index (χ2v) is 7.39. The van der Waals surface area contributed by atoms with Crippen LogP contribution in [0.4, 0.5) is 0 Å². The van der Waals surface area contributed by atoms with Crippen LogP contribution in [-0.2, 0) is 19.3 Å². The van der Waals surface area contributed by atoms with Gasteiger partial charge >= 0.3 is 0 Å². The smallest absolute Gasteiger partial charge is 0.202 e. The molecule has 2 rings (SSSR count). The number of rotatable bonds is 5. The molecule has 0 radical (unpaired) electrons. The second kappa shape index (κ2) is 7.22. The summed E-state index contributed by atoms with van der Waals surface area (Å²) >= 11 is 0. The summed E-state index contributed by atoms with van der Waals surface area (Å²) in [6.07, 6.45) is -7.60. The molecule has 0 spiro atoms. The SMILES string of the molecule is Cc1ccc(S(=O)(=O)COC[C@H]2O[C@@H](O)[C@H](O)[C@@H](O)[C@@H]2O)cc1. The van der Waals surface area contributed by atoms with Crippen molar-refractivity contribution in [3.63, 3.8) is 0 Å². The van der Waals surface area contributed by atoms with Crippen LogP contribution in [0.15, 0.2) is 29.2 Å². The van der Waals surface area contributed by atoms with Gasteiger partial charge in [0.25, 0.3) is 0 Å². The van der Waals surface area contributed by atoms with E-state index >= 15 is 0 Å². The fourth-order valence-corrected chi connectivity index (χ4v) is 3.16. The summed E-state index contributed by atoms with van der Waals surface area (Å²) in [6, 6.07) is 6.25. The topological polar surface area (TPSA) is 134 Å². The maximum Gasteiger partial charge on any atom is 0.202 e. The fourth-order valence-electron chi connectivity index (χ4n) is 2.16. The largest absolute Gasteiger partial charge is 0.387 e. The number of hydrogen-bond acceptors (Lipinski definition) is 8. The minimum absolute atomic E-state index is 0.101. The molecule has 23 heavy (non-hydrogen) atoms. The number of sulfone groups is 1. The van der Waals surface area contributed by atoms with Gasteiger partial charge in [0.05, 0.1) is 11.5 Å². The van der Waals surface area contributed by atoms with Gasteiger partial charge in [-0.15, -0.1) is 0 Å². The summed E-state index contributed by atoms with van der Waals surface area (Å²) < 4.78 is 34.1. The molecular weight excluding hydrogens is 328 g/mol. The Balaban J connectivity index is 1.92. The average molecular weight is 348 g/mol. The van der Waals surface area contributed by atoms with Crippen LogP contribution in [0.3, 0.4) is 0 Å². The van der Waals surface area contributed by atoms with E-state index in [4.69, 9.17) is 9.47 Å². The number of aryl methyl sites for hydroxylation is 1. The van der Waals surface area contributed by atoms with Crippen molar-refractivity contribution >= 4 is 9.84 Å². The number of ether oxygens (including phenoxy) is 2. The van der Waals surface area contributed by atoms with Crippen LogP contribution >= 0.6 is 0 Å². The van der Waals surface area contributed by atoms with Crippen LogP contribution in [0.1, 0.15) is 5.56 Å². The molecule has 0 unspecified atom stereocenters. The van der Waals surface area contributed by atoms with Crippen molar-refractivity contribution in [2.24, 2.45) is 0 Å². The first kappa shape index (κ1) is 18.3. The van der Waals surface area contributed by atoms with Gasteiger partial charge in [-0.1, -0.05) is 17.7 Å². The van der Waals surface area contributed by atoms with E-state index < -0.39 is 46.5 Å². The Hall–Kier alpha value is -1.07. The first-order valence-corrected chi connectivity index (χ1v) is 8.62. The van der Waals surface area contributed by atoms with Crippen LogP contribution in [0.2, 0.25) is 0 Å². The van der Waals surface area contributed by atoms with Crippen LogP contribution in [-0.4, -0.2) is 72.1 Å². The molecule has 0 saturated carbocycles. The zero-order valence-corrected chi connectivity index (χ0v) is 13.3. The Labute approximate surface area is 133 Å². The monoisotopic (exact) mass is 348 g/mol. The molecule has 1 heterocycles. The molecule has 8 nitrogen and oxygen atoms in total. The molecule has 0 aliphatic carbocycles. The van der Waals surface area contributed by atoms with E-state index in [0.29, 0.717) is 0 Å². The first-order valence-electron chi connectivity index (χ1n) is 6.97. The molecule has 9 heteroatoms. The number of hydrogen-bond donors (Lipinski definition) is 4. The van der Waals surface area contributed by atoms with Crippen molar-refractivity contribution in [2.45, 2.75) is 42.5 Å². The van der Waals surface area contributed by atoms with Gasteiger partial charge in [-0.2, -0.15) is 0 Å². The molecule has 1 saturated heterocycles. The van der Waals surface area contributed by atoms with Crippen LogP contribution in [0.25, 0.3) is 0 Å². The summed E-state index contributed by atoms with van der Waals surface area (Å²) in [7, 11) is -3.67. The first-order chi connectivity index (χ1) is 10.7. The predicted molar refractivity (Wildman–Crippen MR) is 78.1 cm³/mol. The van der Waals surface area contributed by atoms with E-state index in [-0.39, 0.29) is 11.5 Å². The Morgan fingerprint density at radius 1 is 1.04 bits per heavy atom. The molecule has 1 aromatic carbocycles. The molecule has 4 N–H and O–H groups in total. The highest BCUT2D eigenvalue weighted by atomic mass is 32.2. The summed E-state index contributed by atoms with van der Waals surface area (Å²) in [6.45, 7) is 1.47. The Morgan fingerprint density at radius 3 is 2.26 bits per heavy atom. The van der Waals surface area contributed by atoms with Gasteiger partial charge in [-0.05, 0) is 19.1 Å². The molecule has 0 amide bonds. The predicted octanol–water partition coefficient (Wildman–Crippen LogP) is -1.46. The minimum atomic E-state index is -3.67. The lowest BCUT2D eigenvalue weighted by Gasteiger charge is -2.38. The van der Waals surface area contributed by atoms with Crippen molar-refractivity contribution < 1.29 is 38.3 Å². The maximum absolute atomic E-state index is 12.1. The quantitative estimate of drug-likeness (QED) is 0.507. The van der Waals surface area contributed by atoms with Gasteiger partial charge in [-0.25, -0.2) is 8.42 Å². The van der Waals surface area contributed by atoms with E-state index in [9.17, 15) is 28.8 Å². The standard InChI is InChI=1S/C14H20O8S/c1-8-2-4-9(5-3-8)23(19,20)7-21-6-10-11(15)12(16)13(17)14(18)22-10/h2-5,10-18H,6-7H2,1H3/t10-,11-,12+,13-,14-/m1/s1. The van der Waals surface area contributed by atoms with Crippen molar-refractivity contribution in [3.05, 3.63) is 29.8 Å². The molecule has 1 fully saturated rings. The van der Waals surface area contributed by atoms with Crippen molar-refractivity contribution in [1.29, 1.82) is 0 Å². The van der Waals surface area contributed by atoms with Crippen LogP contribution in [0, 0.1) is 6.92 Å². The van der Waals surface area contributed by atoms with Gasteiger partial charge in [-0.3, -0.25) is 0 Å². The lowest BCUT2D eigenvalue weighted by Crippen LogP contribution is -2.58. The molecule has 1 aliphatic heterocycles. The summed E-state index contributed by atoms with van der Waals surface area (Å²) in [5.41, 5.74) is 0.921. The van der Waals surface area contributed by atoms with Gasteiger partial charge in [0, 0.05) is 0 Å². The zero-order chi connectivity index (χ0) is 17.2. The Bertz CT molecular complexity index is 614. The van der Waals surface area contributed by atoms with E-state index in [1.54, 1.807) is 12.1 Å². The molecule has 1 aliphatic rings. The van der Waals surface area contributed by atoms with Crippen LogP contribution in [0.5, 0.6) is 0 Å². The van der Waals surface area contributed by atoms with Gasteiger partial charge in [0.2, 0.25) is 9.84 Å². The molecular formula is C14H20O8S. The molecule has 1 aromatic rings. The highest BCUT2D eigenvalue weighted by molar-refractivity contribution is 7.91. The lowest BCUT2D eigenvalue weighted by molar-refractivity contribution is -0.288. The van der Waals surface area contributed by atoms with E-state index in [0.717, 1.165) is 5.56 Å². The normalized spacial score (nSPS) is 32.0. The number of benzene rings is 1. The van der Waals surface area contributed by atoms with Gasteiger partial charge in [0.15, 0.2) is 12.2 Å². The highest BCUT2D eigenvalue weighted by Crippen LogP contribution is 2.20. The second-order valence-electron chi connectivity index (χ2n) is 5.45. The van der Waals surface area contributed by atoms with Gasteiger partial charge < -0.3 is 29.9 Å². The zero-order valence-electron chi connectivity index (χ0n) is 12.4. The average Bonchev–Trinajstić information content (AvgIpc) is 2.50. The van der Waals surface area contributed by atoms with Crippen LogP contribution < -0.4 is 0 Å². The van der Waals surface area contributed by atoms with Crippen molar-refractivity contribution in [2.75, 3.05) is 12.5 Å². The van der Waals surface area contributed by atoms with E-state index in [2.05, 4.69) is 0 Å². The maximum atomic E-state index is 12.1. The Kier molecular flexibility index (Phi) is 5.74. The van der Waals surface area contributed by atoms with Crippen molar-refractivity contribution in [1.82, 2.24) is 0 Å². The van der Waals surface area contributed by atoms with Crippen molar-refractivity contribution in [3.8, 4) is 0 Å². The molecule has 5 atom stereocenters. The number of aliphatic hydroxyl groups excluding tert-OH is 4. The molecule has 0 bridgehead atoms. The highest BCUT2D eigenvalue weighted by Gasteiger charge is 2.43. The molecule has 130 valence electrons. The third-order valence-electron chi connectivity index (χ3n) is 3.59. The van der Waals surface area contributed by atoms with E-state index in [1.807, 2.05) is 6.92 Å². The fraction of sp³-hybridized carbons (Fsp3) is 0.571. The van der Waals surface area contributed by atoms with Gasteiger partial charge in [0.1, 0.15) is 24.4 Å². The summed E-state index contributed by atoms with van der Waals surface area (Å²) in [5, 5.41) is 38.0. The third-order valence-corrected chi connectivity index (χ3v) is 5.06. The van der Waals surface area contributed by atoms with E-state index in [1.165, 1.54) is 12.1 Å².